The minimum Gasteiger partial charge on any atom is -0.494 e. The van der Waals surface area contributed by atoms with E-state index in [1.54, 1.807) is 7.11 Å². The van der Waals surface area contributed by atoms with Crippen molar-refractivity contribution in [2.24, 2.45) is 5.10 Å². The molecule has 1 aliphatic rings. The first-order valence-electron chi connectivity index (χ1n) is 5.49. The molecule has 1 amide bonds. The van der Waals surface area contributed by atoms with Gasteiger partial charge >= 0.3 is 0 Å². The van der Waals surface area contributed by atoms with Crippen LogP contribution >= 0.6 is 43.6 Å². The Labute approximate surface area is 132 Å². The van der Waals surface area contributed by atoms with Gasteiger partial charge in [0, 0.05) is 12.0 Å². The van der Waals surface area contributed by atoms with Gasteiger partial charge in [0.05, 0.1) is 27.0 Å². The molecule has 0 saturated carbocycles. The number of hydrazone groups is 1. The largest absolute Gasteiger partial charge is 0.494 e. The van der Waals surface area contributed by atoms with Crippen molar-refractivity contribution >= 4 is 55.2 Å². The predicted octanol–water partition coefficient (Wildman–Crippen LogP) is 3.18. The molecule has 1 N–H and O–H groups in total. The maximum Gasteiger partial charge on any atom is 0.253 e. The fourth-order valence-corrected chi connectivity index (χ4v) is 3.90. The molecule has 19 heavy (non-hydrogen) atoms. The Morgan fingerprint density at radius 2 is 2.05 bits per heavy atom. The van der Waals surface area contributed by atoms with E-state index in [4.69, 9.17) is 4.74 Å². The monoisotopic (exact) mass is 406 g/mol. The second-order valence-corrected chi connectivity index (χ2v) is 6.69. The minimum atomic E-state index is -0.0906. The number of nitrogens with zero attached hydrogens (tertiary/aromatic N) is 1. The summed E-state index contributed by atoms with van der Waals surface area (Å²) in [5.41, 5.74) is 4.39. The third-order valence-electron chi connectivity index (χ3n) is 2.79. The van der Waals surface area contributed by atoms with E-state index < -0.39 is 0 Å². The van der Waals surface area contributed by atoms with Crippen molar-refractivity contribution in [3.63, 3.8) is 0 Å². The van der Waals surface area contributed by atoms with Crippen LogP contribution in [0.2, 0.25) is 0 Å². The molecule has 4 nitrogen and oxygen atoms in total. The zero-order chi connectivity index (χ0) is 14.0. The van der Waals surface area contributed by atoms with E-state index >= 15 is 0 Å². The summed E-state index contributed by atoms with van der Waals surface area (Å²) in [7, 11) is 1.62. The molecule has 0 saturated heterocycles. The van der Waals surface area contributed by atoms with E-state index in [2.05, 4.69) is 42.4 Å². The number of nitrogens with one attached hydrogen (secondary N) is 1. The number of benzene rings is 1. The lowest BCUT2D eigenvalue weighted by molar-refractivity contribution is -0.120. The third-order valence-corrected chi connectivity index (χ3v) is 4.92. The van der Waals surface area contributed by atoms with Crippen LogP contribution in [0.25, 0.3) is 0 Å². The number of carbonyl (C=O) groups is 1. The van der Waals surface area contributed by atoms with Crippen LogP contribution in [0.3, 0.4) is 0 Å². The molecule has 0 aliphatic carbocycles. The fourth-order valence-electron chi connectivity index (χ4n) is 1.80. The van der Waals surface area contributed by atoms with E-state index in [-0.39, 0.29) is 11.2 Å². The van der Waals surface area contributed by atoms with Crippen LogP contribution in [0.1, 0.15) is 12.0 Å². The van der Waals surface area contributed by atoms with Crippen molar-refractivity contribution in [2.75, 3.05) is 13.4 Å². The summed E-state index contributed by atoms with van der Waals surface area (Å²) in [6.07, 6.45) is 2.55. The number of halogens is 2. The van der Waals surface area contributed by atoms with Gasteiger partial charge in [-0.2, -0.15) is 16.9 Å². The number of hydrogen-bond acceptors (Lipinski definition) is 4. The molecule has 0 fully saturated rings. The summed E-state index contributed by atoms with van der Waals surface area (Å²) in [4.78, 5) is 11.6. The van der Waals surface area contributed by atoms with Crippen molar-refractivity contribution in [2.45, 2.75) is 11.7 Å². The van der Waals surface area contributed by atoms with Gasteiger partial charge in [-0.15, -0.1) is 0 Å². The molecule has 1 heterocycles. The van der Waals surface area contributed by atoms with Gasteiger partial charge in [-0.1, -0.05) is 0 Å². The molecule has 0 radical (unpaired) electrons. The number of rotatable bonds is 3. The first kappa shape index (κ1) is 14.9. The summed E-state index contributed by atoms with van der Waals surface area (Å²) in [6.45, 7) is 0. The Kier molecular flexibility index (Phi) is 4.92. The van der Waals surface area contributed by atoms with Gasteiger partial charge in [0.2, 0.25) is 0 Å². The van der Waals surface area contributed by atoms with Gasteiger partial charge in [-0.25, -0.2) is 5.43 Å². The van der Waals surface area contributed by atoms with Gasteiger partial charge < -0.3 is 4.74 Å². The van der Waals surface area contributed by atoms with E-state index in [1.807, 2.05) is 18.4 Å². The number of carbonyl (C=O) groups excluding carboxylic acids is 1. The van der Waals surface area contributed by atoms with E-state index in [9.17, 15) is 4.79 Å². The van der Waals surface area contributed by atoms with Gasteiger partial charge in [-0.05, 0) is 50.2 Å². The maximum absolute atomic E-state index is 11.6. The van der Waals surface area contributed by atoms with E-state index in [1.165, 1.54) is 11.8 Å². The molecule has 0 spiro atoms. The third kappa shape index (κ3) is 3.14. The Hall–Kier alpha value is -0.530. The number of ether oxygens (including phenoxy) is 1. The van der Waals surface area contributed by atoms with Crippen LogP contribution < -0.4 is 10.2 Å². The fraction of sp³-hybridized carbons (Fsp3) is 0.333. The Morgan fingerprint density at radius 1 is 1.42 bits per heavy atom. The molecule has 1 aromatic rings. The highest BCUT2D eigenvalue weighted by atomic mass is 79.9. The highest BCUT2D eigenvalue weighted by molar-refractivity contribution is 9.11. The minimum absolute atomic E-state index is 0.0390. The lowest BCUT2D eigenvalue weighted by atomic mass is 10.0. The van der Waals surface area contributed by atoms with E-state index in [0.29, 0.717) is 6.42 Å². The number of hydrogen-bond donors (Lipinski definition) is 1. The maximum atomic E-state index is 11.6. The summed E-state index contributed by atoms with van der Waals surface area (Å²) < 4.78 is 6.96. The molecule has 102 valence electrons. The van der Waals surface area contributed by atoms with Crippen molar-refractivity contribution < 1.29 is 9.53 Å². The zero-order valence-electron chi connectivity index (χ0n) is 10.4. The van der Waals surface area contributed by atoms with Crippen molar-refractivity contribution in [3.8, 4) is 5.75 Å². The molecule has 1 atom stereocenters. The standard InChI is InChI=1S/C12H12Br2N2O2S/c1-18-11-7(13)3-6(4-8(11)14)9-5-10(19-2)12(17)16-15-9/h3-4,10H,5H2,1-2H3,(H,16,17). The predicted molar refractivity (Wildman–Crippen MR) is 85.0 cm³/mol. The summed E-state index contributed by atoms with van der Waals surface area (Å²) in [5, 5.41) is 4.05. The first-order chi connectivity index (χ1) is 9.06. The second-order valence-electron chi connectivity index (χ2n) is 3.94. The molecular weight excluding hydrogens is 396 g/mol. The molecular formula is C12H12Br2N2O2S. The summed E-state index contributed by atoms with van der Waals surface area (Å²) >= 11 is 8.46. The van der Waals surface area contributed by atoms with Crippen LogP contribution in [-0.2, 0) is 4.79 Å². The number of thioether (sulfide) groups is 1. The van der Waals surface area contributed by atoms with Gasteiger partial charge in [-0.3, -0.25) is 4.79 Å². The quantitative estimate of drug-likeness (QED) is 0.837. The van der Waals surface area contributed by atoms with Gasteiger partial charge in [0.25, 0.3) is 5.91 Å². The average Bonchev–Trinajstić information content (AvgIpc) is 2.39. The van der Waals surface area contributed by atoms with Crippen molar-refractivity contribution in [1.82, 2.24) is 5.43 Å². The Bertz CT molecular complexity index is 526. The first-order valence-corrected chi connectivity index (χ1v) is 8.36. The van der Waals surface area contributed by atoms with Crippen molar-refractivity contribution in [3.05, 3.63) is 26.6 Å². The number of methoxy groups -OCH3 is 1. The molecule has 1 unspecified atom stereocenters. The molecule has 0 aromatic heterocycles. The van der Waals surface area contributed by atoms with Gasteiger partial charge in [0.15, 0.2) is 0 Å². The van der Waals surface area contributed by atoms with Crippen LogP contribution in [0.4, 0.5) is 0 Å². The van der Waals surface area contributed by atoms with Crippen LogP contribution in [0.5, 0.6) is 5.75 Å². The lowest BCUT2D eigenvalue weighted by Gasteiger charge is -2.20. The summed E-state index contributed by atoms with van der Waals surface area (Å²) in [6, 6.07) is 3.88. The Balaban J connectivity index is 2.35. The van der Waals surface area contributed by atoms with Crippen LogP contribution in [0, 0.1) is 0 Å². The normalized spacial score (nSPS) is 18.8. The van der Waals surface area contributed by atoms with Crippen LogP contribution in [-0.4, -0.2) is 30.2 Å². The molecule has 7 heteroatoms. The Morgan fingerprint density at radius 3 is 2.58 bits per heavy atom. The topological polar surface area (TPSA) is 50.7 Å². The van der Waals surface area contributed by atoms with Gasteiger partial charge in [0.1, 0.15) is 5.75 Å². The zero-order valence-corrected chi connectivity index (χ0v) is 14.4. The van der Waals surface area contributed by atoms with Crippen molar-refractivity contribution in [1.29, 1.82) is 0 Å². The summed E-state index contributed by atoms with van der Waals surface area (Å²) in [5.74, 6) is 0.702. The highest BCUT2D eigenvalue weighted by Gasteiger charge is 2.25. The van der Waals surface area contributed by atoms with E-state index in [0.717, 1.165) is 26.0 Å². The van der Waals surface area contributed by atoms with Crippen LogP contribution in [0.15, 0.2) is 26.2 Å². The molecule has 1 aromatic carbocycles. The number of amides is 1. The molecule has 2 rings (SSSR count). The smallest absolute Gasteiger partial charge is 0.253 e. The average molecular weight is 408 g/mol. The highest BCUT2D eigenvalue weighted by Crippen LogP contribution is 2.35. The molecule has 0 bridgehead atoms. The molecule has 1 aliphatic heterocycles. The second kappa shape index (κ2) is 6.28. The lowest BCUT2D eigenvalue weighted by Crippen LogP contribution is -2.36. The SMILES string of the molecule is COc1c(Br)cc(C2=NNC(=O)C(SC)C2)cc1Br.